The Morgan fingerprint density at radius 2 is 2.15 bits per heavy atom. The highest BCUT2D eigenvalue weighted by atomic mass is 16.5. The van der Waals surface area contributed by atoms with E-state index in [0.29, 0.717) is 6.61 Å². The van der Waals surface area contributed by atoms with E-state index in [1.165, 1.54) is 12.8 Å². The summed E-state index contributed by atoms with van der Waals surface area (Å²) in [6.07, 6.45) is 3.97. The predicted molar refractivity (Wildman–Crippen MR) is 52.1 cm³/mol. The Hall–Kier alpha value is -1.17. The molecule has 3 nitrogen and oxygen atoms in total. The molecule has 0 aliphatic carbocycles. The smallest absolute Gasteiger partial charge is 0.418 e. The molecule has 0 fully saturated rings. The van der Waals surface area contributed by atoms with Crippen molar-refractivity contribution in [1.82, 2.24) is 5.32 Å². The monoisotopic (exact) mass is 183 g/mol. The predicted octanol–water partition coefficient (Wildman–Crippen LogP) is 2.27. The summed E-state index contributed by atoms with van der Waals surface area (Å²) in [4.78, 5) is 10.8. The fourth-order valence-electron chi connectivity index (χ4n) is 0.843. The third kappa shape index (κ3) is 8.74. The minimum absolute atomic E-state index is 0.453. The van der Waals surface area contributed by atoms with E-state index < -0.39 is 6.09 Å². The molecule has 3 heteroatoms. The van der Waals surface area contributed by atoms with Crippen LogP contribution < -0.4 is 5.32 Å². The number of carbonyl (C=O) groups excluding carboxylic acids is 1. The van der Waals surface area contributed by atoms with Crippen LogP contribution >= 0.6 is 0 Å². The first kappa shape index (κ1) is 11.8. The van der Waals surface area contributed by atoms with Crippen molar-refractivity contribution < 1.29 is 9.53 Å². The second-order valence-electron chi connectivity index (χ2n) is 2.70. The van der Waals surface area contributed by atoms with Gasteiger partial charge in [0.1, 0.15) is 0 Å². The normalized spacial score (nSPS) is 8.46. The van der Waals surface area contributed by atoms with Gasteiger partial charge >= 0.3 is 6.09 Å². The summed E-state index contributed by atoms with van der Waals surface area (Å²) < 4.78 is 4.84. The summed E-state index contributed by atoms with van der Waals surface area (Å²) in [6.45, 7) is 4.28. The minimum atomic E-state index is -0.453. The summed E-state index contributed by atoms with van der Waals surface area (Å²) in [5, 5.41) is 2.30. The summed E-state index contributed by atoms with van der Waals surface area (Å²) in [5.41, 5.74) is 0. The average molecular weight is 183 g/mol. The molecule has 0 aromatic heterocycles. The second-order valence-corrected chi connectivity index (χ2v) is 2.70. The number of amides is 1. The van der Waals surface area contributed by atoms with Crippen molar-refractivity contribution in [3.63, 3.8) is 0 Å². The van der Waals surface area contributed by atoms with Crippen molar-refractivity contribution in [3.05, 3.63) is 0 Å². The van der Waals surface area contributed by atoms with Crippen LogP contribution in [0.15, 0.2) is 0 Å². The number of hydrogen-bond acceptors (Lipinski definition) is 2. The molecule has 0 heterocycles. The molecular weight excluding hydrogens is 166 g/mol. The molecule has 0 bridgehead atoms. The largest absolute Gasteiger partial charge is 0.449 e. The van der Waals surface area contributed by atoms with E-state index >= 15 is 0 Å². The van der Waals surface area contributed by atoms with Crippen LogP contribution in [0.4, 0.5) is 4.79 Å². The van der Waals surface area contributed by atoms with Crippen molar-refractivity contribution in [2.75, 3.05) is 6.61 Å². The van der Waals surface area contributed by atoms with Crippen LogP contribution in [0.5, 0.6) is 0 Å². The maximum atomic E-state index is 10.8. The molecule has 0 unspecified atom stereocenters. The van der Waals surface area contributed by atoms with E-state index in [1.54, 1.807) is 6.92 Å². The van der Waals surface area contributed by atoms with Gasteiger partial charge in [-0.3, -0.25) is 0 Å². The number of nitrogens with one attached hydrogen (secondary N) is 1. The van der Waals surface area contributed by atoms with E-state index in [4.69, 9.17) is 4.74 Å². The zero-order chi connectivity index (χ0) is 9.94. The third-order valence-electron chi connectivity index (χ3n) is 1.52. The fourth-order valence-corrected chi connectivity index (χ4v) is 0.843. The minimum Gasteiger partial charge on any atom is -0.449 e. The Morgan fingerprint density at radius 3 is 2.77 bits per heavy atom. The zero-order valence-electron chi connectivity index (χ0n) is 8.35. The summed E-state index contributed by atoms with van der Waals surface area (Å²) >= 11 is 0. The average Bonchev–Trinajstić information content (AvgIpc) is 2.14. The number of carbonyl (C=O) groups is 1. The molecular formula is C10H17NO2. The maximum absolute atomic E-state index is 10.8. The van der Waals surface area contributed by atoms with Crippen molar-refractivity contribution in [2.24, 2.45) is 0 Å². The number of hydrogen-bond donors (Lipinski definition) is 1. The molecule has 0 aromatic rings. The Bertz CT molecular complexity index is 191. The van der Waals surface area contributed by atoms with Crippen LogP contribution in [0.1, 0.15) is 39.5 Å². The number of alkyl carbamates (subject to hydrolysis) is 1. The Morgan fingerprint density at radius 1 is 1.38 bits per heavy atom. The van der Waals surface area contributed by atoms with Crippen molar-refractivity contribution >= 4 is 6.09 Å². The van der Waals surface area contributed by atoms with Gasteiger partial charge in [-0.05, 0) is 13.3 Å². The lowest BCUT2D eigenvalue weighted by atomic mass is 10.2. The van der Waals surface area contributed by atoms with Crippen LogP contribution in [0, 0.1) is 12.0 Å². The van der Waals surface area contributed by atoms with E-state index in [0.717, 1.165) is 12.8 Å². The molecule has 0 atom stereocenters. The molecule has 0 saturated carbocycles. The molecule has 0 spiro atoms. The van der Waals surface area contributed by atoms with E-state index in [2.05, 4.69) is 24.2 Å². The Balaban J connectivity index is 3.20. The standard InChI is InChI=1S/C10H17NO2/c1-3-5-6-7-9-13-10(12)11-8-4-2/h3,5-7,9H2,1-2H3,(H,11,12). The number of unbranched alkanes of at least 4 members (excludes halogenated alkanes) is 3. The number of rotatable bonds is 5. The van der Waals surface area contributed by atoms with Crippen LogP contribution in [0.25, 0.3) is 0 Å². The lowest BCUT2D eigenvalue weighted by Gasteiger charge is -2.01. The van der Waals surface area contributed by atoms with Gasteiger partial charge in [0.05, 0.1) is 6.61 Å². The lowest BCUT2D eigenvalue weighted by Crippen LogP contribution is -2.19. The molecule has 0 aliphatic heterocycles. The zero-order valence-corrected chi connectivity index (χ0v) is 8.35. The molecule has 74 valence electrons. The van der Waals surface area contributed by atoms with E-state index in [-0.39, 0.29) is 0 Å². The Kier molecular flexibility index (Phi) is 8.12. The highest BCUT2D eigenvalue weighted by Crippen LogP contribution is 1.98. The Labute approximate surface area is 79.8 Å². The van der Waals surface area contributed by atoms with Gasteiger partial charge in [0, 0.05) is 6.04 Å². The van der Waals surface area contributed by atoms with Crippen molar-refractivity contribution in [2.45, 2.75) is 39.5 Å². The van der Waals surface area contributed by atoms with Gasteiger partial charge in [0.25, 0.3) is 0 Å². The fraction of sp³-hybridized carbons (Fsp3) is 0.700. The summed E-state index contributed by atoms with van der Waals surface area (Å²) in [5.74, 6) is 2.55. The van der Waals surface area contributed by atoms with Crippen LogP contribution in [0.3, 0.4) is 0 Å². The molecule has 13 heavy (non-hydrogen) atoms. The second kappa shape index (κ2) is 8.92. The first-order valence-corrected chi connectivity index (χ1v) is 4.65. The molecule has 0 aliphatic rings. The lowest BCUT2D eigenvalue weighted by molar-refractivity contribution is 0.148. The van der Waals surface area contributed by atoms with Gasteiger partial charge in [-0.1, -0.05) is 32.1 Å². The summed E-state index contributed by atoms with van der Waals surface area (Å²) in [6, 6.07) is 2.43. The van der Waals surface area contributed by atoms with Crippen LogP contribution in [-0.4, -0.2) is 12.7 Å². The van der Waals surface area contributed by atoms with Gasteiger partial charge < -0.3 is 4.74 Å². The van der Waals surface area contributed by atoms with Crippen LogP contribution in [-0.2, 0) is 4.74 Å². The highest BCUT2D eigenvalue weighted by molar-refractivity contribution is 5.69. The van der Waals surface area contributed by atoms with Gasteiger partial charge in [-0.25, -0.2) is 10.1 Å². The summed E-state index contributed by atoms with van der Waals surface area (Å²) in [7, 11) is 0. The molecule has 0 radical (unpaired) electrons. The number of ether oxygens (including phenoxy) is 1. The van der Waals surface area contributed by atoms with Crippen molar-refractivity contribution in [3.8, 4) is 12.0 Å². The van der Waals surface area contributed by atoms with Crippen molar-refractivity contribution in [1.29, 1.82) is 0 Å². The quantitative estimate of drug-likeness (QED) is 0.403. The highest BCUT2D eigenvalue weighted by Gasteiger charge is 1.97. The molecule has 0 saturated heterocycles. The van der Waals surface area contributed by atoms with E-state index in [1.807, 2.05) is 0 Å². The molecule has 0 rings (SSSR count). The molecule has 1 amide bonds. The maximum Gasteiger partial charge on any atom is 0.418 e. The van der Waals surface area contributed by atoms with Gasteiger partial charge in [0.2, 0.25) is 0 Å². The third-order valence-corrected chi connectivity index (χ3v) is 1.52. The SMILES string of the molecule is CC#CNC(=O)OCCCCCC. The van der Waals surface area contributed by atoms with Gasteiger partial charge in [-0.2, -0.15) is 0 Å². The van der Waals surface area contributed by atoms with Gasteiger partial charge in [0.15, 0.2) is 0 Å². The van der Waals surface area contributed by atoms with Crippen LogP contribution in [0.2, 0.25) is 0 Å². The molecule has 0 aromatic carbocycles. The first-order valence-electron chi connectivity index (χ1n) is 4.65. The van der Waals surface area contributed by atoms with Gasteiger partial charge in [-0.15, -0.1) is 0 Å². The molecule has 1 N–H and O–H groups in total. The first-order chi connectivity index (χ1) is 6.31. The van der Waals surface area contributed by atoms with E-state index in [9.17, 15) is 4.79 Å². The topological polar surface area (TPSA) is 38.3 Å².